The normalized spacial score (nSPS) is 17.5. The number of nitrogens with zero attached hydrogens (tertiary/aromatic N) is 3. The monoisotopic (exact) mass is 373 g/mol. The molecule has 2 heterocycles. The Morgan fingerprint density at radius 1 is 1.07 bits per heavy atom. The zero-order valence-corrected chi connectivity index (χ0v) is 16.4. The number of benzene rings is 2. The van der Waals surface area contributed by atoms with Crippen molar-refractivity contribution < 1.29 is 4.79 Å². The highest BCUT2D eigenvalue weighted by Crippen LogP contribution is 2.24. The van der Waals surface area contributed by atoms with Gasteiger partial charge >= 0.3 is 0 Å². The van der Waals surface area contributed by atoms with E-state index in [9.17, 15) is 4.79 Å². The van der Waals surface area contributed by atoms with E-state index in [1.54, 1.807) is 0 Å². The number of rotatable bonds is 6. The second kappa shape index (κ2) is 8.53. The van der Waals surface area contributed by atoms with E-state index < -0.39 is 0 Å². The number of ketones is 1. The first-order valence-electron chi connectivity index (χ1n) is 10.2. The van der Waals surface area contributed by atoms with E-state index in [0.717, 1.165) is 56.0 Å². The summed E-state index contributed by atoms with van der Waals surface area (Å²) in [5.41, 5.74) is 3.15. The molecule has 144 valence electrons. The molecule has 0 radical (unpaired) electrons. The van der Waals surface area contributed by atoms with E-state index >= 15 is 0 Å². The van der Waals surface area contributed by atoms with Gasteiger partial charge in [0, 0.05) is 37.0 Å². The number of hydrogen-bond donors (Lipinski definition) is 0. The summed E-state index contributed by atoms with van der Waals surface area (Å²) in [7, 11) is 0. The van der Waals surface area contributed by atoms with Crippen molar-refractivity contribution in [3.63, 3.8) is 0 Å². The van der Waals surface area contributed by atoms with Crippen LogP contribution >= 0.6 is 0 Å². The van der Waals surface area contributed by atoms with Gasteiger partial charge in [-0.3, -0.25) is 9.69 Å². The molecule has 1 atom stereocenters. The van der Waals surface area contributed by atoms with Crippen LogP contribution in [0.2, 0.25) is 0 Å². The Bertz CT molecular complexity index is 915. The van der Waals surface area contributed by atoms with Crippen molar-refractivity contribution in [1.82, 2.24) is 14.5 Å². The molecule has 3 aromatic rings. The minimum atomic E-state index is 0.0707. The maximum Gasteiger partial charge on any atom is 0.167 e. The van der Waals surface area contributed by atoms with Crippen molar-refractivity contribution in [3.8, 4) is 11.1 Å². The number of hydrogen-bond acceptors (Lipinski definition) is 3. The van der Waals surface area contributed by atoms with Crippen molar-refractivity contribution in [2.75, 3.05) is 13.1 Å². The summed E-state index contributed by atoms with van der Waals surface area (Å²) in [5.74, 6) is 1.42. The molecule has 1 fully saturated rings. The molecule has 4 rings (SSSR count). The molecular formula is C24H27N3O. The zero-order chi connectivity index (χ0) is 19.3. The SMILES string of the molecule is CCn1ccnc1CN1CCC[C@H](C(=O)c2ccc(-c3ccccc3)cc2)C1. The number of aryl methyl sites for hydroxylation is 1. The average Bonchev–Trinajstić information content (AvgIpc) is 3.21. The highest BCUT2D eigenvalue weighted by Gasteiger charge is 2.27. The molecule has 0 bridgehead atoms. The van der Waals surface area contributed by atoms with Crippen molar-refractivity contribution in [2.45, 2.75) is 32.9 Å². The summed E-state index contributed by atoms with van der Waals surface area (Å²) < 4.78 is 2.17. The molecule has 1 aromatic heterocycles. The first-order valence-corrected chi connectivity index (χ1v) is 10.2. The third-order valence-electron chi connectivity index (χ3n) is 5.66. The van der Waals surface area contributed by atoms with Crippen LogP contribution in [-0.2, 0) is 13.1 Å². The van der Waals surface area contributed by atoms with E-state index in [0.29, 0.717) is 0 Å². The minimum absolute atomic E-state index is 0.0707. The van der Waals surface area contributed by atoms with E-state index in [1.165, 1.54) is 5.56 Å². The van der Waals surface area contributed by atoms with Gasteiger partial charge < -0.3 is 4.57 Å². The van der Waals surface area contributed by atoms with Crippen LogP contribution in [-0.4, -0.2) is 33.3 Å². The van der Waals surface area contributed by atoms with Gasteiger partial charge in [-0.25, -0.2) is 4.98 Å². The Labute approximate surface area is 166 Å². The smallest absolute Gasteiger partial charge is 0.167 e. The van der Waals surface area contributed by atoms with Crippen LogP contribution in [0, 0.1) is 5.92 Å². The van der Waals surface area contributed by atoms with Crippen LogP contribution in [0.4, 0.5) is 0 Å². The number of carbonyl (C=O) groups is 1. The summed E-state index contributed by atoms with van der Waals surface area (Å²) in [6, 6.07) is 18.3. The molecule has 4 heteroatoms. The number of piperidine rings is 1. The lowest BCUT2D eigenvalue weighted by Gasteiger charge is -2.31. The van der Waals surface area contributed by atoms with Crippen molar-refractivity contribution in [2.24, 2.45) is 5.92 Å². The second-order valence-electron chi connectivity index (χ2n) is 7.51. The van der Waals surface area contributed by atoms with Gasteiger partial charge in [-0.05, 0) is 37.4 Å². The Balaban J connectivity index is 1.42. The fraction of sp³-hybridized carbons (Fsp3) is 0.333. The summed E-state index contributed by atoms with van der Waals surface area (Å²) in [6.07, 6.45) is 5.92. The number of imidazole rings is 1. The van der Waals surface area contributed by atoms with Gasteiger partial charge in [-0.15, -0.1) is 0 Å². The van der Waals surface area contributed by atoms with Gasteiger partial charge in [0.15, 0.2) is 5.78 Å². The first-order chi connectivity index (χ1) is 13.7. The lowest BCUT2D eigenvalue weighted by molar-refractivity contribution is 0.0807. The lowest BCUT2D eigenvalue weighted by atomic mass is 9.89. The topological polar surface area (TPSA) is 38.1 Å². The standard InChI is InChI=1S/C24H27N3O/c1-2-27-16-14-25-23(27)18-26-15-6-9-22(17-26)24(28)21-12-10-20(11-13-21)19-7-4-3-5-8-19/h3-5,7-8,10-14,16,22H,2,6,9,15,17-18H2,1H3/t22-/m0/s1. The van der Waals surface area contributed by atoms with Gasteiger partial charge in [0.05, 0.1) is 6.54 Å². The fourth-order valence-corrected chi connectivity index (χ4v) is 4.09. The maximum atomic E-state index is 13.1. The van der Waals surface area contributed by atoms with Gasteiger partial charge in [-0.2, -0.15) is 0 Å². The fourth-order valence-electron chi connectivity index (χ4n) is 4.09. The van der Waals surface area contributed by atoms with Gasteiger partial charge in [0.2, 0.25) is 0 Å². The Morgan fingerprint density at radius 3 is 2.57 bits per heavy atom. The molecule has 1 saturated heterocycles. The molecule has 1 aliphatic rings. The lowest BCUT2D eigenvalue weighted by Crippen LogP contribution is -2.38. The number of aromatic nitrogens is 2. The second-order valence-corrected chi connectivity index (χ2v) is 7.51. The highest BCUT2D eigenvalue weighted by atomic mass is 16.1. The molecule has 4 nitrogen and oxygen atoms in total. The van der Waals surface area contributed by atoms with Crippen LogP contribution in [0.5, 0.6) is 0 Å². The number of carbonyl (C=O) groups excluding carboxylic acids is 1. The Morgan fingerprint density at radius 2 is 1.82 bits per heavy atom. The van der Waals surface area contributed by atoms with Crippen molar-refractivity contribution >= 4 is 5.78 Å². The Kier molecular flexibility index (Phi) is 5.68. The predicted octanol–water partition coefficient (Wildman–Crippen LogP) is 4.66. The molecule has 2 aromatic carbocycles. The van der Waals surface area contributed by atoms with Crippen molar-refractivity contribution in [1.29, 1.82) is 0 Å². The number of likely N-dealkylation sites (tertiary alicyclic amines) is 1. The van der Waals surface area contributed by atoms with Gasteiger partial charge in [-0.1, -0.05) is 54.6 Å². The van der Waals surface area contributed by atoms with E-state index in [1.807, 2.05) is 42.7 Å². The molecule has 0 amide bonds. The quantitative estimate of drug-likeness (QED) is 0.590. The van der Waals surface area contributed by atoms with E-state index in [4.69, 9.17) is 0 Å². The molecule has 0 spiro atoms. The minimum Gasteiger partial charge on any atom is -0.334 e. The third kappa shape index (κ3) is 4.07. The third-order valence-corrected chi connectivity index (χ3v) is 5.66. The van der Waals surface area contributed by atoms with Gasteiger partial charge in [0.25, 0.3) is 0 Å². The largest absolute Gasteiger partial charge is 0.334 e. The van der Waals surface area contributed by atoms with Crippen LogP contribution in [0.25, 0.3) is 11.1 Å². The number of Topliss-reactive ketones (excluding diaryl/α,β-unsaturated/α-hetero) is 1. The molecule has 0 N–H and O–H groups in total. The zero-order valence-electron chi connectivity index (χ0n) is 16.4. The molecule has 28 heavy (non-hydrogen) atoms. The molecular weight excluding hydrogens is 346 g/mol. The average molecular weight is 374 g/mol. The molecule has 0 unspecified atom stereocenters. The predicted molar refractivity (Wildman–Crippen MR) is 112 cm³/mol. The van der Waals surface area contributed by atoms with Crippen LogP contribution in [0.3, 0.4) is 0 Å². The van der Waals surface area contributed by atoms with Crippen LogP contribution in [0.1, 0.15) is 35.9 Å². The Hall–Kier alpha value is -2.72. The van der Waals surface area contributed by atoms with Crippen molar-refractivity contribution in [3.05, 3.63) is 78.4 Å². The summed E-state index contributed by atoms with van der Waals surface area (Å²) in [4.78, 5) is 19.9. The van der Waals surface area contributed by atoms with Crippen LogP contribution < -0.4 is 0 Å². The van der Waals surface area contributed by atoms with Crippen LogP contribution in [0.15, 0.2) is 67.0 Å². The molecule has 0 aliphatic carbocycles. The van der Waals surface area contributed by atoms with Gasteiger partial charge in [0.1, 0.15) is 5.82 Å². The van der Waals surface area contributed by atoms with E-state index in [2.05, 4.69) is 45.6 Å². The summed E-state index contributed by atoms with van der Waals surface area (Å²) in [6.45, 7) is 5.73. The molecule has 0 saturated carbocycles. The summed E-state index contributed by atoms with van der Waals surface area (Å²) in [5, 5.41) is 0. The first kappa shape index (κ1) is 18.6. The highest BCUT2D eigenvalue weighted by molar-refractivity contribution is 5.98. The maximum absolute atomic E-state index is 13.1. The summed E-state index contributed by atoms with van der Waals surface area (Å²) >= 11 is 0. The molecule has 1 aliphatic heterocycles. The van der Waals surface area contributed by atoms with E-state index in [-0.39, 0.29) is 11.7 Å².